The van der Waals surface area contributed by atoms with E-state index in [1.54, 1.807) is 7.11 Å². The van der Waals surface area contributed by atoms with Crippen molar-refractivity contribution in [3.05, 3.63) is 102 Å². The predicted octanol–water partition coefficient (Wildman–Crippen LogP) is 6.02. The Bertz CT molecular complexity index is 986. The Kier molecular flexibility index (Phi) is 14.6. The van der Waals surface area contributed by atoms with Crippen LogP contribution in [0.4, 0.5) is 0 Å². The molecule has 7 heteroatoms. The van der Waals surface area contributed by atoms with Crippen molar-refractivity contribution in [2.75, 3.05) is 53.0 Å². The second kappa shape index (κ2) is 17.4. The average molecular weight is 548 g/mol. The van der Waals surface area contributed by atoms with Gasteiger partial charge in [0.25, 0.3) is 0 Å². The number of halogens is 2. The van der Waals surface area contributed by atoms with Gasteiger partial charge >= 0.3 is 0 Å². The van der Waals surface area contributed by atoms with Crippen LogP contribution in [0, 0.1) is 0 Å². The molecule has 0 aromatic heterocycles. The van der Waals surface area contributed by atoms with Crippen molar-refractivity contribution in [2.24, 2.45) is 0 Å². The molecule has 37 heavy (non-hydrogen) atoms. The average Bonchev–Trinajstić information content (AvgIpc) is 2.93. The highest BCUT2D eigenvalue weighted by Gasteiger charge is 2.18. The third kappa shape index (κ3) is 10.3. The van der Waals surface area contributed by atoms with E-state index in [9.17, 15) is 0 Å². The van der Waals surface area contributed by atoms with E-state index in [0.717, 1.165) is 69.0 Å². The highest BCUT2D eigenvalue weighted by atomic mass is 35.5. The summed E-state index contributed by atoms with van der Waals surface area (Å²) >= 11 is 0. The maximum absolute atomic E-state index is 6.23. The Morgan fingerprint density at radius 1 is 0.703 bits per heavy atom. The third-order valence-corrected chi connectivity index (χ3v) is 6.57. The van der Waals surface area contributed by atoms with Crippen LogP contribution in [0.15, 0.2) is 84.9 Å². The fraction of sp³-hybridized carbons (Fsp3) is 0.400. The maximum atomic E-state index is 6.23. The van der Waals surface area contributed by atoms with E-state index < -0.39 is 0 Å². The van der Waals surface area contributed by atoms with E-state index >= 15 is 0 Å². The van der Waals surface area contributed by atoms with Crippen LogP contribution in [0.5, 0.6) is 5.75 Å². The van der Waals surface area contributed by atoms with Crippen LogP contribution in [-0.4, -0.2) is 62.8 Å². The second-order valence-corrected chi connectivity index (χ2v) is 9.01. The first-order valence-corrected chi connectivity index (χ1v) is 12.7. The maximum Gasteiger partial charge on any atom is 0.184 e. The summed E-state index contributed by atoms with van der Waals surface area (Å²) in [6.07, 6.45) is 1.86. The van der Waals surface area contributed by atoms with Gasteiger partial charge in [0.2, 0.25) is 0 Å². The van der Waals surface area contributed by atoms with E-state index in [2.05, 4.69) is 46.2 Å². The molecule has 0 bridgehead atoms. The number of hydrogen-bond acceptors (Lipinski definition) is 5. The number of nitrogens with zero attached hydrogens (tertiary/aromatic N) is 2. The van der Waals surface area contributed by atoms with Gasteiger partial charge in [0.15, 0.2) is 6.29 Å². The second-order valence-electron chi connectivity index (χ2n) is 9.01. The Hall–Kier alpha value is -2.12. The molecule has 1 aliphatic heterocycles. The third-order valence-electron chi connectivity index (χ3n) is 6.57. The quantitative estimate of drug-likeness (QED) is 0.245. The van der Waals surface area contributed by atoms with E-state index in [4.69, 9.17) is 14.2 Å². The lowest BCUT2D eigenvalue weighted by Gasteiger charge is -2.35. The smallest absolute Gasteiger partial charge is 0.184 e. The normalized spacial score (nSPS) is 14.8. The fourth-order valence-corrected chi connectivity index (χ4v) is 4.52. The molecule has 0 radical (unpaired) electrons. The molecular formula is C30H40Cl2N2O3. The number of hydrogen-bond donors (Lipinski definition) is 0. The van der Waals surface area contributed by atoms with Crippen molar-refractivity contribution in [2.45, 2.75) is 25.7 Å². The molecule has 0 N–H and O–H groups in total. The zero-order valence-electron chi connectivity index (χ0n) is 21.7. The van der Waals surface area contributed by atoms with Crippen LogP contribution in [0.3, 0.4) is 0 Å². The van der Waals surface area contributed by atoms with E-state index in [1.165, 1.54) is 5.56 Å². The molecule has 1 unspecified atom stereocenters. The molecule has 1 aliphatic rings. The molecule has 0 amide bonds. The summed E-state index contributed by atoms with van der Waals surface area (Å²) in [4.78, 5) is 5.07. The minimum absolute atomic E-state index is 0. The molecule has 1 fully saturated rings. The van der Waals surface area contributed by atoms with Gasteiger partial charge < -0.3 is 19.1 Å². The molecule has 1 heterocycles. The highest BCUT2D eigenvalue weighted by Crippen LogP contribution is 2.21. The first-order valence-electron chi connectivity index (χ1n) is 12.7. The number of ether oxygens (including phenoxy) is 3. The summed E-state index contributed by atoms with van der Waals surface area (Å²) in [5, 5.41) is 0. The number of para-hydroxylation sites is 1. The Labute approximate surface area is 234 Å². The van der Waals surface area contributed by atoms with Gasteiger partial charge in [-0.1, -0.05) is 78.9 Å². The summed E-state index contributed by atoms with van der Waals surface area (Å²) in [6, 6.07) is 28.8. The van der Waals surface area contributed by atoms with Gasteiger partial charge in [-0.2, -0.15) is 0 Å². The molecule has 0 spiro atoms. The lowest BCUT2D eigenvalue weighted by atomic mass is 10.1. The standard InChI is InChI=1S/C30H38N2O3.2ClH/c1-33-29-17-9-8-13-27(29)16-10-18-31-19-21-32(22-20-31)23-24-34-30(28-14-6-3-7-15-28)35-25-26-11-4-2-5-12-26;;/h2-9,11-15,17,30H,10,16,18-25H2,1H3;2*1H. The first-order chi connectivity index (χ1) is 17.3. The number of methoxy groups -OCH3 is 1. The van der Waals surface area contributed by atoms with Crippen molar-refractivity contribution < 1.29 is 14.2 Å². The molecule has 5 nitrogen and oxygen atoms in total. The van der Waals surface area contributed by atoms with Crippen molar-refractivity contribution in [3.8, 4) is 5.75 Å². The van der Waals surface area contributed by atoms with Crippen molar-refractivity contribution >= 4 is 24.8 Å². The first kappa shape index (κ1) is 31.1. The van der Waals surface area contributed by atoms with Crippen LogP contribution < -0.4 is 4.74 Å². The Morgan fingerprint density at radius 2 is 1.30 bits per heavy atom. The van der Waals surface area contributed by atoms with Crippen LogP contribution in [-0.2, 0) is 22.5 Å². The summed E-state index contributed by atoms with van der Waals surface area (Å²) in [7, 11) is 1.75. The van der Waals surface area contributed by atoms with Gasteiger partial charge in [-0.3, -0.25) is 4.90 Å². The molecule has 3 aromatic rings. The topological polar surface area (TPSA) is 34.2 Å². The van der Waals surface area contributed by atoms with E-state index in [1.807, 2.05) is 48.5 Å². The molecular weight excluding hydrogens is 507 g/mol. The van der Waals surface area contributed by atoms with Crippen molar-refractivity contribution in [3.63, 3.8) is 0 Å². The largest absolute Gasteiger partial charge is 0.496 e. The van der Waals surface area contributed by atoms with Crippen LogP contribution in [0.1, 0.15) is 29.4 Å². The lowest BCUT2D eigenvalue weighted by Crippen LogP contribution is -2.47. The molecule has 1 saturated heterocycles. The van der Waals surface area contributed by atoms with Gasteiger partial charge in [0.1, 0.15) is 5.75 Å². The summed E-state index contributed by atoms with van der Waals surface area (Å²) in [5.74, 6) is 0.999. The van der Waals surface area contributed by atoms with Gasteiger partial charge in [0, 0.05) is 38.3 Å². The highest BCUT2D eigenvalue weighted by molar-refractivity contribution is 5.85. The zero-order chi connectivity index (χ0) is 24.1. The van der Waals surface area contributed by atoms with E-state index in [-0.39, 0.29) is 31.1 Å². The van der Waals surface area contributed by atoms with Gasteiger partial charge in [-0.25, -0.2) is 0 Å². The molecule has 1 atom stereocenters. The number of benzene rings is 3. The summed E-state index contributed by atoms with van der Waals surface area (Å²) in [6.45, 7) is 7.63. The van der Waals surface area contributed by atoms with Crippen LogP contribution in [0.2, 0.25) is 0 Å². The predicted molar refractivity (Wildman–Crippen MR) is 155 cm³/mol. The number of piperazine rings is 1. The summed E-state index contributed by atoms with van der Waals surface area (Å²) in [5.41, 5.74) is 3.51. The van der Waals surface area contributed by atoms with Gasteiger partial charge in [-0.05, 0) is 36.6 Å². The lowest BCUT2D eigenvalue weighted by molar-refractivity contribution is -0.157. The van der Waals surface area contributed by atoms with Crippen molar-refractivity contribution in [1.29, 1.82) is 0 Å². The molecule has 0 saturated carbocycles. The van der Waals surface area contributed by atoms with E-state index in [0.29, 0.717) is 13.2 Å². The van der Waals surface area contributed by atoms with Crippen LogP contribution >= 0.6 is 24.8 Å². The number of rotatable bonds is 13. The SMILES string of the molecule is COc1ccccc1CCCN1CCN(CCOC(OCc2ccccc2)c2ccccc2)CC1.Cl.Cl. The molecule has 3 aromatic carbocycles. The Morgan fingerprint density at radius 3 is 1.97 bits per heavy atom. The Balaban J connectivity index is 0.00000241. The number of aryl methyl sites for hydroxylation is 1. The molecule has 0 aliphatic carbocycles. The molecule has 202 valence electrons. The van der Waals surface area contributed by atoms with Crippen LogP contribution in [0.25, 0.3) is 0 Å². The fourth-order valence-electron chi connectivity index (χ4n) is 4.52. The molecule has 4 rings (SSSR count). The zero-order valence-corrected chi connectivity index (χ0v) is 23.3. The van der Waals surface area contributed by atoms with Gasteiger partial charge in [0.05, 0.1) is 20.3 Å². The monoisotopic (exact) mass is 546 g/mol. The minimum Gasteiger partial charge on any atom is -0.496 e. The van der Waals surface area contributed by atoms with Crippen molar-refractivity contribution in [1.82, 2.24) is 9.80 Å². The minimum atomic E-state index is -0.354. The van der Waals surface area contributed by atoms with Gasteiger partial charge in [-0.15, -0.1) is 24.8 Å². The summed E-state index contributed by atoms with van der Waals surface area (Å²) < 4.78 is 17.9.